The second-order valence-corrected chi connectivity index (χ2v) is 6.29. The van der Waals surface area contributed by atoms with Crippen LogP contribution in [-0.4, -0.2) is 22.8 Å². The van der Waals surface area contributed by atoms with Crippen molar-refractivity contribution in [1.82, 2.24) is 4.57 Å². The fraction of sp³-hybridized carbons (Fsp3) is 0.368. The highest BCUT2D eigenvalue weighted by atomic mass is 16.1. The molecular weight excluding hydrogens is 302 g/mol. The van der Waals surface area contributed by atoms with Crippen LogP contribution < -0.4 is 10.6 Å². The van der Waals surface area contributed by atoms with Crippen molar-refractivity contribution in [3.8, 4) is 0 Å². The number of carbonyl (C=O) groups is 2. The minimum atomic E-state index is -0.121. The van der Waals surface area contributed by atoms with Gasteiger partial charge in [-0.15, -0.1) is 0 Å². The summed E-state index contributed by atoms with van der Waals surface area (Å²) in [5.41, 5.74) is 4.36. The number of anilines is 2. The van der Waals surface area contributed by atoms with Crippen molar-refractivity contribution >= 4 is 23.1 Å². The third-order valence-corrected chi connectivity index (χ3v) is 3.94. The molecule has 0 radical (unpaired) electrons. The van der Waals surface area contributed by atoms with E-state index in [2.05, 4.69) is 29.0 Å². The van der Waals surface area contributed by atoms with Crippen LogP contribution in [0.5, 0.6) is 0 Å². The molecule has 0 atom stereocenters. The molecule has 2 aromatic rings. The molecule has 0 aliphatic carbocycles. The van der Waals surface area contributed by atoms with Crippen LogP contribution in [0, 0.1) is 13.8 Å². The van der Waals surface area contributed by atoms with Crippen molar-refractivity contribution in [3.63, 3.8) is 0 Å². The lowest BCUT2D eigenvalue weighted by Gasteiger charge is -2.13. The zero-order chi connectivity index (χ0) is 17.9. The SMILES string of the molecule is CC(=O)Nc1cccc(NCC(=O)c2cc(C)n(C(C)C)c2C)c1. The van der Waals surface area contributed by atoms with E-state index in [0.29, 0.717) is 11.7 Å². The van der Waals surface area contributed by atoms with E-state index in [0.717, 1.165) is 22.6 Å². The van der Waals surface area contributed by atoms with Gasteiger partial charge in [0, 0.05) is 41.3 Å². The van der Waals surface area contributed by atoms with E-state index in [1.165, 1.54) is 6.92 Å². The summed E-state index contributed by atoms with van der Waals surface area (Å²) < 4.78 is 2.17. The Labute approximate surface area is 143 Å². The number of carbonyl (C=O) groups excluding carboxylic acids is 2. The molecule has 0 saturated heterocycles. The Kier molecular flexibility index (Phi) is 5.44. The zero-order valence-corrected chi connectivity index (χ0v) is 14.9. The Hall–Kier alpha value is -2.56. The Morgan fingerprint density at radius 3 is 2.38 bits per heavy atom. The number of aromatic nitrogens is 1. The molecule has 0 aliphatic rings. The van der Waals surface area contributed by atoms with E-state index < -0.39 is 0 Å². The molecule has 2 N–H and O–H groups in total. The molecule has 0 saturated carbocycles. The molecule has 0 fully saturated rings. The third-order valence-electron chi connectivity index (χ3n) is 3.94. The Morgan fingerprint density at radius 2 is 1.79 bits per heavy atom. The van der Waals surface area contributed by atoms with Crippen molar-refractivity contribution in [2.45, 2.75) is 40.7 Å². The van der Waals surface area contributed by atoms with Crippen molar-refractivity contribution < 1.29 is 9.59 Å². The fourth-order valence-electron chi connectivity index (χ4n) is 3.04. The Balaban J connectivity index is 2.09. The molecular formula is C19H25N3O2. The summed E-state index contributed by atoms with van der Waals surface area (Å²) in [4.78, 5) is 23.7. The first kappa shape index (κ1) is 17.8. The maximum Gasteiger partial charge on any atom is 0.221 e. The number of nitrogens with one attached hydrogen (secondary N) is 2. The van der Waals surface area contributed by atoms with Gasteiger partial charge in [-0.1, -0.05) is 6.07 Å². The lowest BCUT2D eigenvalue weighted by Crippen LogP contribution is -2.15. The predicted octanol–water partition coefficient (Wildman–Crippen LogP) is 3.94. The summed E-state index contributed by atoms with van der Waals surface area (Å²) in [7, 11) is 0. The van der Waals surface area contributed by atoms with Gasteiger partial charge in [0.05, 0.1) is 6.54 Å². The summed E-state index contributed by atoms with van der Waals surface area (Å²) in [5, 5.41) is 5.86. The molecule has 0 aliphatic heterocycles. The summed E-state index contributed by atoms with van der Waals surface area (Å²) in [5.74, 6) is -0.0655. The van der Waals surface area contributed by atoms with Crippen LogP contribution in [0.2, 0.25) is 0 Å². The molecule has 1 aromatic heterocycles. The van der Waals surface area contributed by atoms with E-state index in [9.17, 15) is 9.59 Å². The van der Waals surface area contributed by atoms with Gasteiger partial charge in [0.25, 0.3) is 0 Å². The average Bonchev–Trinajstić information content (AvgIpc) is 2.79. The summed E-state index contributed by atoms with van der Waals surface area (Å²) in [6.07, 6.45) is 0. The highest BCUT2D eigenvalue weighted by molar-refractivity contribution is 6.00. The summed E-state index contributed by atoms with van der Waals surface area (Å²) in [6.45, 7) is 9.91. The molecule has 0 unspecified atom stereocenters. The molecule has 5 nitrogen and oxygen atoms in total. The molecule has 5 heteroatoms. The minimum Gasteiger partial charge on any atom is -0.378 e. The third kappa shape index (κ3) is 4.04. The number of rotatable bonds is 6. The Bertz CT molecular complexity index is 760. The van der Waals surface area contributed by atoms with Gasteiger partial charge in [0.2, 0.25) is 5.91 Å². The minimum absolute atomic E-state index is 0.0555. The molecule has 1 aromatic carbocycles. The van der Waals surface area contributed by atoms with E-state index in [1.807, 2.05) is 44.2 Å². The topological polar surface area (TPSA) is 63.1 Å². The number of hydrogen-bond acceptors (Lipinski definition) is 3. The van der Waals surface area contributed by atoms with Gasteiger partial charge in [0.1, 0.15) is 0 Å². The standard InChI is InChI=1S/C19H25N3O2/c1-12(2)22-13(3)9-18(14(22)4)19(24)11-20-16-7-6-8-17(10-16)21-15(5)23/h6-10,12,20H,11H2,1-5H3,(H,21,23). The average molecular weight is 327 g/mol. The van der Waals surface area contributed by atoms with E-state index in [4.69, 9.17) is 0 Å². The van der Waals surface area contributed by atoms with Crippen molar-refractivity contribution in [2.24, 2.45) is 0 Å². The second kappa shape index (κ2) is 7.34. The molecule has 0 spiro atoms. The number of hydrogen-bond donors (Lipinski definition) is 2. The van der Waals surface area contributed by atoms with Crippen LogP contribution in [0.3, 0.4) is 0 Å². The van der Waals surface area contributed by atoms with Crippen molar-refractivity contribution in [3.05, 3.63) is 47.3 Å². The van der Waals surface area contributed by atoms with Gasteiger partial charge in [-0.25, -0.2) is 0 Å². The van der Waals surface area contributed by atoms with E-state index in [1.54, 1.807) is 0 Å². The second-order valence-electron chi connectivity index (χ2n) is 6.29. The van der Waals surface area contributed by atoms with Crippen LogP contribution in [0.4, 0.5) is 11.4 Å². The van der Waals surface area contributed by atoms with Gasteiger partial charge in [-0.05, 0) is 52.0 Å². The van der Waals surface area contributed by atoms with Crippen LogP contribution >= 0.6 is 0 Å². The maximum absolute atomic E-state index is 12.5. The quantitative estimate of drug-likeness (QED) is 0.790. The van der Waals surface area contributed by atoms with E-state index in [-0.39, 0.29) is 18.2 Å². The number of ketones is 1. The van der Waals surface area contributed by atoms with Gasteiger partial charge in [-0.2, -0.15) is 0 Å². The first-order chi connectivity index (χ1) is 11.3. The Morgan fingerprint density at radius 1 is 1.12 bits per heavy atom. The molecule has 0 bridgehead atoms. The maximum atomic E-state index is 12.5. The van der Waals surface area contributed by atoms with Gasteiger partial charge in [0.15, 0.2) is 5.78 Å². The molecule has 1 amide bonds. The lowest BCUT2D eigenvalue weighted by molar-refractivity contribution is -0.114. The van der Waals surface area contributed by atoms with Crippen LogP contribution in [0.1, 0.15) is 48.6 Å². The van der Waals surface area contributed by atoms with Crippen molar-refractivity contribution in [1.29, 1.82) is 0 Å². The molecule has 128 valence electrons. The van der Waals surface area contributed by atoms with Crippen LogP contribution in [0.25, 0.3) is 0 Å². The highest BCUT2D eigenvalue weighted by Gasteiger charge is 2.16. The van der Waals surface area contributed by atoms with Gasteiger partial charge in [-0.3, -0.25) is 9.59 Å². The number of Topliss-reactive ketones (excluding diaryl/α,β-unsaturated/α-hetero) is 1. The first-order valence-corrected chi connectivity index (χ1v) is 8.12. The monoisotopic (exact) mass is 327 g/mol. The lowest BCUT2D eigenvalue weighted by atomic mass is 10.1. The molecule has 1 heterocycles. The zero-order valence-electron chi connectivity index (χ0n) is 14.9. The number of aryl methyl sites for hydroxylation is 1. The number of amides is 1. The number of nitrogens with zero attached hydrogens (tertiary/aromatic N) is 1. The van der Waals surface area contributed by atoms with Crippen LogP contribution in [-0.2, 0) is 4.79 Å². The first-order valence-electron chi connectivity index (χ1n) is 8.12. The largest absolute Gasteiger partial charge is 0.378 e. The predicted molar refractivity (Wildman–Crippen MR) is 97.9 cm³/mol. The van der Waals surface area contributed by atoms with Gasteiger partial charge >= 0.3 is 0 Å². The summed E-state index contributed by atoms with van der Waals surface area (Å²) in [6, 6.07) is 9.61. The van der Waals surface area contributed by atoms with Crippen molar-refractivity contribution in [2.75, 3.05) is 17.2 Å². The molecule has 24 heavy (non-hydrogen) atoms. The van der Waals surface area contributed by atoms with Crippen LogP contribution in [0.15, 0.2) is 30.3 Å². The summed E-state index contributed by atoms with van der Waals surface area (Å²) >= 11 is 0. The van der Waals surface area contributed by atoms with Gasteiger partial charge < -0.3 is 15.2 Å². The normalized spacial score (nSPS) is 10.8. The smallest absolute Gasteiger partial charge is 0.221 e. The van der Waals surface area contributed by atoms with E-state index >= 15 is 0 Å². The fourth-order valence-corrected chi connectivity index (χ4v) is 3.04. The number of benzene rings is 1. The highest BCUT2D eigenvalue weighted by Crippen LogP contribution is 2.21. The molecule has 2 rings (SSSR count).